The molecule has 1 N–H and O–H groups in total. The fourth-order valence-corrected chi connectivity index (χ4v) is 2.18. The van der Waals surface area contributed by atoms with Gasteiger partial charge in [-0.15, -0.1) is 0 Å². The minimum Gasteiger partial charge on any atom is -0.388 e. The molecule has 3 heteroatoms. The van der Waals surface area contributed by atoms with Crippen molar-refractivity contribution in [2.24, 2.45) is 0 Å². The third-order valence-corrected chi connectivity index (χ3v) is 3.11. The molecule has 0 amide bonds. The lowest BCUT2D eigenvalue weighted by atomic mass is 10.2. The van der Waals surface area contributed by atoms with Crippen LogP contribution in [0.5, 0.6) is 0 Å². The molecule has 1 aromatic carbocycles. The summed E-state index contributed by atoms with van der Waals surface area (Å²) in [6, 6.07) is 6.27. The van der Waals surface area contributed by atoms with Crippen LogP contribution in [0.2, 0.25) is 0 Å². The molecule has 0 aliphatic rings. The molecule has 92 valence electrons. The highest BCUT2D eigenvalue weighted by molar-refractivity contribution is 5.76. The molecule has 1 heterocycles. The highest BCUT2D eigenvalue weighted by Crippen LogP contribution is 2.18. The third kappa shape index (κ3) is 2.50. The van der Waals surface area contributed by atoms with Gasteiger partial charge in [0.05, 0.1) is 11.0 Å². The van der Waals surface area contributed by atoms with E-state index in [4.69, 9.17) is 0 Å². The zero-order chi connectivity index (χ0) is 12.3. The number of unbranched alkanes of at least 4 members (excludes halogenated alkanes) is 2. The van der Waals surface area contributed by atoms with Crippen LogP contribution in [-0.2, 0) is 13.2 Å². The second-order valence-corrected chi connectivity index (χ2v) is 4.54. The molecular weight excluding hydrogens is 212 g/mol. The normalized spacial score (nSPS) is 11.2. The van der Waals surface area contributed by atoms with E-state index in [1.54, 1.807) is 0 Å². The van der Waals surface area contributed by atoms with Gasteiger partial charge in [-0.25, -0.2) is 4.98 Å². The number of aromatic nitrogens is 2. The molecular formula is C14H20N2O. The van der Waals surface area contributed by atoms with Gasteiger partial charge in [-0.3, -0.25) is 0 Å². The van der Waals surface area contributed by atoms with Crippen molar-refractivity contribution in [1.29, 1.82) is 0 Å². The Morgan fingerprint density at radius 3 is 2.82 bits per heavy atom. The van der Waals surface area contributed by atoms with Gasteiger partial charge in [0.1, 0.15) is 12.4 Å². The van der Waals surface area contributed by atoms with Gasteiger partial charge < -0.3 is 9.67 Å². The van der Waals surface area contributed by atoms with E-state index in [0.29, 0.717) is 0 Å². The Morgan fingerprint density at radius 2 is 2.12 bits per heavy atom. The molecule has 0 aliphatic heterocycles. The molecule has 0 aliphatic carbocycles. The molecule has 1 aromatic heterocycles. The molecule has 2 rings (SSSR count). The maximum absolute atomic E-state index is 9.36. The molecule has 2 aromatic rings. The fourth-order valence-electron chi connectivity index (χ4n) is 2.18. The Labute approximate surface area is 102 Å². The first-order valence-electron chi connectivity index (χ1n) is 6.33. The lowest BCUT2D eigenvalue weighted by Crippen LogP contribution is -2.03. The minimum absolute atomic E-state index is 0.0137. The molecule has 0 unspecified atom stereocenters. The number of aliphatic hydroxyl groups is 1. The van der Waals surface area contributed by atoms with Crippen LogP contribution in [0.25, 0.3) is 11.0 Å². The molecule has 0 spiro atoms. The molecule has 0 saturated heterocycles. The van der Waals surface area contributed by atoms with Crippen molar-refractivity contribution in [2.75, 3.05) is 0 Å². The standard InChI is InChI=1S/C14H20N2O/c1-3-4-5-8-16-13-7-6-11(2)9-12(13)15-14(16)10-17/h6-7,9,17H,3-5,8,10H2,1-2H3. The van der Waals surface area contributed by atoms with E-state index >= 15 is 0 Å². The molecule has 17 heavy (non-hydrogen) atoms. The first kappa shape index (κ1) is 12.1. The summed E-state index contributed by atoms with van der Waals surface area (Å²) >= 11 is 0. The van der Waals surface area contributed by atoms with Crippen LogP contribution >= 0.6 is 0 Å². The molecule has 0 radical (unpaired) electrons. The van der Waals surface area contributed by atoms with Crippen LogP contribution in [0, 0.1) is 6.92 Å². The largest absolute Gasteiger partial charge is 0.388 e. The quantitative estimate of drug-likeness (QED) is 0.805. The van der Waals surface area contributed by atoms with Crippen molar-refractivity contribution in [3.63, 3.8) is 0 Å². The Bertz CT molecular complexity index is 502. The van der Waals surface area contributed by atoms with E-state index in [1.165, 1.54) is 18.4 Å². The Hall–Kier alpha value is -1.35. The molecule has 0 saturated carbocycles. The first-order chi connectivity index (χ1) is 8.26. The Morgan fingerprint density at radius 1 is 1.29 bits per heavy atom. The van der Waals surface area contributed by atoms with Crippen LogP contribution in [0.4, 0.5) is 0 Å². The Kier molecular flexibility index (Phi) is 3.79. The summed E-state index contributed by atoms with van der Waals surface area (Å²) in [5, 5.41) is 9.36. The average molecular weight is 232 g/mol. The maximum atomic E-state index is 9.36. The number of fused-ring (bicyclic) bond motifs is 1. The number of aliphatic hydroxyl groups excluding tert-OH is 1. The molecule has 0 bridgehead atoms. The van der Waals surface area contributed by atoms with Crippen molar-refractivity contribution in [2.45, 2.75) is 46.3 Å². The topological polar surface area (TPSA) is 38.0 Å². The number of benzene rings is 1. The number of rotatable bonds is 5. The lowest BCUT2D eigenvalue weighted by molar-refractivity contribution is 0.265. The van der Waals surface area contributed by atoms with Crippen molar-refractivity contribution < 1.29 is 5.11 Å². The van der Waals surface area contributed by atoms with Gasteiger partial charge in [0, 0.05) is 6.54 Å². The fraction of sp³-hybridized carbons (Fsp3) is 0.500. The zero-order valence-corrected chi connectivity index (χ0v) is 10.6. The average Bonchev–Trinajstić information content (AvgIpc) is 2.67. The number of hydrogen-bond donors (Lipinski definition) is 1. The number of aryl methyl sites for hydroxylation is 2. The van der Waals surface area contributed by atoms with Gasteiger partial charge in [0.15, 0.2) is 0 Å². The van der Waals surface area contributed by atoms with E-state index in [2.05, 4.69) is 41.6 Å². The maximum Gasteiger partial charge on any atom is 0.135 e. The predicted molar refractivity (Wildman–Crippen MR) is 69.9 cm³/mol. The highest BCUT2D eigenvalue weighted by Gasteiger charge is 2.09. The molecule has 3 nitrogen and oxygen atoms in total. The molecule has 0 fully saturated rings. The van der Waals surface area contributed by atoms with Gasteiger partial charge in [-0.05, 0) is 31.0 Å². The zero-order valence-electron chi connectivity index (χ0n) is 10.6. The number of nitrogens with zero attached hydrogens (tertiary/aromatic N) is 2. The second kappa shape index (κ2) is 5.32. The van der Waals surface area contributed by atoms with E-state index in [9.17, 15) is 5.11 Å². The number of hydrogen-bond acceptors (Lipinski definition) is 2. The SMILES string of the molecule is CCCCCn1c(CO)nc2cc(C)ccc21. The van der Waals surface area contributed by atoms with Crippen molar-refractivity contribution in [3.8, 4) is 0 Å². The lowest BCUT2D eigenvalue weighted by Gasteiger charge is -2.07. The highest BCUT2D eigenvalue weighted by atomic mass is 16.3. The van der Waals surface area contributed by atoms with Crippen LogP contribution in [0.15, 0.2) is 18.2 Å². The van der Waals surface area contributed by atoms with Gasteiger partial charge in [-0.1, -0.05) is 25.8 Å². The van der Waals surface area contributed by atoms with E-state index < -0.39 is 0 Å². The summed E-state index contributed by atoms with van der Waals surface area (Å²) in [4.78, 5) is 4.48. The molecule has 0 atom stereocenters. The van der Waals surface area contributed by atoms with Gasteiger partial charge in [-0.2, -0.15) is 0 Å². The summed E-state index contributed by atoms with van der Waals surface area (Å²) in [5.41, 5.74) is 3.33. The summed E-state index contributed by atoms with van der Waals surface area (Å²) in [6.07, 6.45) is 3.57. The van der Waals surface area contributed by atoms with E-state index in [1.807, 2.05) is 0 Å². The Balaban J connectivity index is 2.36. The summed E-state index contributed by atoms with van der Waals surface area (Å²) in [5.74, 6) is 0.779. The first-order valence-corrected chi connectivity index (χ1v) is 6.33. The van der Waals surface area contributed by atoms with E-state index in [-0.39, 0.29) is 6.61 Å². The van der Waals surface area contributed by atoms with Gasteiger partial charge in [0.25, 0.3) is 0 Å². The van der Waals surface area contributed by atoms with Crippen molar-refractivity contribution in [1.82, 2.24) is 9.55 Å². The minimum atomic E-state index is 0.0137. The second-order valence-electron chi connectivity index (χ2n) is 4.54. The van der Waals surface area contributed by atoms with Crippen LogP contribution in [0.3, 0.4) is 0 Å². The van der Waals surface area contributed by atoms with Crippen LogP contribution in [-0.4, -0.2) is 14.7 Å². The summed E-state index contributed by atoms with van der Waals surface area (Å²) < 4.78 is 2.14. The van der Waals surface area contributed by atoms with Crippen LogP contribution < -0.4 is 0 Å². The summed E-state index contributed by atoms with van der Waals surface area (Å²) in [7, 11) is 0. The smallest absolute Gasteiger partial charge is 0.135 e. The van der Waals surface area contributed by atoms with Crippen molar-refractivity contribution >= 4 is 11.0 Å². The van der Waals surface area contributed by atoms with Crippen LogP contribution in [0.1, 0.15) is 37.6 Å². The number of imidazole rings is 1. The summed E-state index contributed by atoms with van der Waals surface area (Å²) in [6.45, 7) is 5.22. The van der Waals surface area contributed by atoms with E-state index in [0.717, 1.165) is 29.8 Å². The van der Waals surface area contributed by atoms with Gasteiger partial charge in [0.2, 0.25) is 0 Å². The monoisotopic (exact) mass is 232 g/mol. The van der Waals surface area contributed by atoms with Gasteiger partial charge >= 0.3 is 0 Å². The van der Waals surface area contributed by atoms with Crippen molar-refractivity contribution in [3.05, 3.63) is 29.6 Å². The third-order valence-electron chi connectivity index (χ3n) is 3.11. The predicted octanol–water partition coefficient (Wildman–Crippen LogP) is 3.03.